The van der Waals surface area contributed by atoms with Crippen LogP contribution in [-0.2, 0) is 7.57 Å². The number of hydrogen-bond acceptors (Lipinski definition) is 4. The molecule has 0 unspecified atom stereocenters. The number of rotatable bonds is 2. The molecule has 0 rings (SSSR count). The summed E-state index contributed by atoms with van der Waals surface area (Å²) < 4.78 is 27.8. The van der Waals surface area contributed by atoms with Crippen LogP contribution < -0.4 is 0 Å². The summed E-state index contributed by atoms with van der Waals surface area (Å²) in [4.78, 5) is 9.12. The first-order valence-electron chi connectivity index (χ1n) is 1.31. The third kappa shape index (κ3) is 5.48. The van der Waals surface area contributed by atoms with Gasteiger partial charge in [0.15, 0.2) is 0 Å². The molecule has 8 heavy (non-hydrogen) atoms. The fraction of sp³-hybridized carbons (Fsp3) is 0. The van der Waals surface area contributed by atoms with E-state index in [2.05, 4.69) is 3.83 Å². The first kappa shape index (κ1) is 7.48. The van der Waals surface area contributed by atoms with Crippen molar-refractivity contribution in [1.29, 1.82) is 0 Å². The zero-order chi connectivity index (χ0) is 6.78. The minimum atomic E-state index is -5.46. The molecule has 0 aliphatic rings. The van der Waals surface area contributed by atoms with E-state index in [-0.39, 0.29) is 0 Å². The molecule has 0 bridgehead atoms. The van der Waals surface area contributed by atoms with Crippen LogP contribution >= 0.6 is 0 Å². The first-order valence-corrected chi connectivity index (χ1v) is 4.52. The van der Waals surface area contributed by atoms with Gasteiger partial charge in [0.25, 0.3) is 0 Å². The quantitative estimate of drug-likeness (QED) is 0.295. The molecular formula is H2AsNO6. The molecule has 0 aromatic rings. The van der Waals surface area contributed by atoms with Gasteiger partial charge in [-0.25, -0.2) is 0 Å². The van der Waals surface area contributed by atoms with Crippen molar-refractivity contribution in [2.24, 2.45) is 0 Å². The summed E-state index contributed by atoms with van der Waals surface area (Å²) in [6.45, 7) is 0. The minimum absolute atomic E-state index is 1.53. The molecule has 0 fully saturated rings. The van der Waals surface area contributed by atoms with Crippen molar-refractivity contribution in [1.82, 2.24) is 0 Å². The Bertz CT molecular complexity index is 131. The second-order valence-corrected chi connectivity index (χ2v) is 3.20. The van der Waals surface area contributed by atoms with Crippen LogP contribution in [0.2, 0.25) is 0 Å². The number of nitrogens with zero attached hydrogens (tertiary/aromatic N) is 1. The predicted molar refractivity (Wildman–Crippen MR) is 19.0 cm³/mol. The van der Waals surface area contributed by atoms with Gasteiger partial charge < -0.3 is 0 Å². The van der Waals surface area contributed by atoms with Gasteiger partial charge in [0, 0.05) is 0 Å². The normalized spacial score (nSPS) is 10.8. The Balaban J connectivity index is 3.74. The van der Waals surface area contributed by atoms with Crippen molar-refractivity contribution in [2.45, 2.75) is 0 Å². The van der Waals surface area contributed by atoms with Crippen LogP contribution in [-0.4, -0.2) is 27.8 Å². The Morgan fingerprint density at radius 3 is 2.00 bits per heavy atom. The van der Waals surface area contributed by atoms with Crippen LogP contribution in [0.25, 0.3) is 0 Å². The third-order valence-corrected chi connectivity index (χ3v) is 0.899. The second kappa shape index (κ2) is 2.16. The van der Waals surface area contributed by atoms with E-state index in [1.165, 1.54) is 0 Å². The molecule has 0 aromatic carbocycles. The van der Waals surface area contributed by atoms with Crippen molar-refractivity contribution in [2.75, 3.05) is 0 Å². The molecular weight excluding hydrogens is 185 g/mol. The zero-order valence-corrected chi connectivity index (χ0v) is 5.30. The van der Waals surface area contributed by atoms with E-state index in [1.807, 2.05) is 0 Å². The molecule has 0 amide bonds. The molecule has 0 heterocycles. The van der Waals surface area contributed by atoms with Crippen LogP contribution in [0.4, 0.5) is 0 Å². The number of hydrogen-bond donors (Lipinski definition) is 2. The van der Waals surface area contributed by atoms with Gasteiger partial charge in [-0.15, -0.1) is 0 Å². The van der Waals surface area contributed by atoms with Crippen molar-refractivity contribution in [3.63, 3.8) is 0 Å². The van der Waals surface area contributed by atoms with Gasteiger partial charge in [0.05, 0.1) is 0 Å². The monoisotopic (exact) mass is 187 g/mol. The summed E-state index contributed by atoms with van der Waals surface area (Å²) in [6.07, 6.45) is 0. The van der Waals surface area contributed by atoms with Gasteiger partial charge in [-0.2, -0.15) is 0 Å². The molecule has 0 aliphatic carbocycles. The van der Waals surface area contributed by atoms with Crippen LogP contribution in [0.5, 0.6) is 0 Å². The van der Waals surface area contributed by atoms with Gasteiger partial charge >= 0.3 is 45.5 Å². The Morgan fingerprint density at radius 2 is 2.00 bits per heavy atom. The topological polar surface area (TPSA) is 110 Å². The summed E-state index contributed by atoms with van der Waals surface area (Å²) >= 11 is -5.46. The van der Waals surface area contributed by atoms with Crippen LogP contribution in [0.3, 0.4) is 0 Å². The molecule has 7 nitrogen and oxygen atoms in total. The Labute approximate surface area is 46.3 Å². The molecule has 0 saturated carbocycles. The van der Waals surface area contributed by atoms with Crippen molar-refractivity contribution in [3.8, 4) is 0 Å². The summed E-state index contributed by atoms with van der Waals surface area (Å²) in [5.41, 5.74) is 0. The van der Waals surface area contributed by atoms with E-state index in [4.69, 9.17) is 18.3 Å². The maximum atomic E-state index is 9.53. The summed E-state index contributed by atoms with van der Waals surface area (Å²) in [7, 11) is 0. The average molecular weight is 187 g/mol. The fourth-order valence-electron chi connectivity index (χ4n) is 0.0868. The van der Waals surface area contributed by atoms with Crippen LogP contribution in [0.15, 0.2) is 0 Å². The molecule has 0 saturated heterocycles. The summed E-state index contributed by atoms with van der Waals surface area (Å²) in [6, 6.07) is 0. The molecule has 0 aliphatic heterocycles. The Morgan fingerprint density at radius 1 is 1.62 bits per heavy atom. The summed E-state index contributed by atoms with van der Waals surface area (Å²) in [5.74, 6) is 0. The Hall–Kier alpha value is -0.522. The van der Waals surface area contributed by atoms with E-state index in [1.54, 1.807) is 0 Å². The molecule has 2 N–H and O–H groups in total. The predicted octanol–water partition coefficient (Wildman–Crippen LogP) is -1.95. The molecule has 0 atom stereocenters. The molecule has 0 spiro atoms. The molecule has 8 heteroatoms. The van der Waals surface area contributed by atoms with E-state index < -0.39 is 19.6 Å². The van der Waals surface area contributed by atoms with Crippen LogP contribution in [0.1, 0.15) is 0 Å². The van der Waals surface area contributed by atoms with E-state index in [9.17, 15) is 3.74 Å². The van der Waals surface area contributed by atoms with Gasteiger partial charge in [-0.05, 0) is 0 Å². The van der Waals surface area contributed by atoms with Gasteiger partial charge in [-0.1, -0.05) is 0 Å². The van der Waals surface area contributed by atoms with Gasteiger partial charge in [0.1, 0.15) is 0 Å². The third-order valence-electron chi connectivity index (χ3n) is 0.173. The second-order valence-electron chi connectivity index (χ2n) is 0.796. The Kier molecular flexibility index (Phi) is 2.02. The first-order chi connectivity index (χ1) is 3.42. The standard InChI is InChI=1S/AsH2NO6/c3-1(4,5)8-2(6)7/h(H2,3,4,5). The van der Waals surface area contributed by atoms with Crippen molar-refractivity contribution in [3.05, 3.63) is 10.1 Å². The molecule has 48 valence electrons. The fourth-order valence-corrected chi connectivity index (χ4v) is 0.451. The van der Waals surface area contributed by atoms with Crippen molar-refractivity contribution < 1.29 is 20.8 Å². The molecule has 0 aromatic heterocycles. The SMILES string of the molecule is O=[N+]([O-])O[As](=O)(O)O. The van der Waals surface area contributed by atoms with Crippen molar-refractivity contribution >= 4 is 14.5 Å². The van der Waals surface area contributed by atoms with Gasteiger partial charge in [-0.3, -0.25) is 0 Å². The van der Waals surface area contributed by atoms with Gasteiger partial charge in [0.2, 0.25) is 0 Å². The zero-order valence-electron chi connectivity index (χ0n) is 3.42. The van der Waals surface area contributed by atoms with Crippen LogP contribution in [0, 0.1) is 10.1 Å². The van der Waals surface area contributed by atoms with E-state index in [0.29, 0.717) is 0 Å². The summed E-state index contributed by atoms with van der Waals surface area (Å²) in [5, 5.41) is 7.59. The maximum absolute atomic E-state index is 9.53. The van der Waals surface area contributed by atoms with E-state index in [0.717, 1.165) is 0 Å². The molecule has 0 radical (unpaired) electrons. The average Bonchev–Trinajstić information content (AvgIpc) is 1.21. The van der Waals surface area contributed by atoms with E-state index >= 15 is 0 Å².